The highest BCUT2D eigenvalue weighted by Crippen LogP contribution is 2.23. The fourth-order valence-electron chi connectivity index (χ4n) is 3.33. The molecule has 126 valence electrons. The average Bonchev–Trinajstić information content (AvgIpc) is 2.63. The van der Waals surface area contributed by atoms with E-state index in [9.17, 15) is 0 Å². The summed E-state index contributed by atoms with van der Waals surface area (Å²) in [7, 11) is 1.71. The zero-order chi connectivity index (χ0) is 16.8. The molecule has 1 aromatic heterocycles. The Morgan fingerprint density at radius 3 is 2.46 bits per heavy atom. The summed E-state index contributed by atoms with van der Waals surface area (Å²) in [5, 5.41) is 0. The standard InChI is InChI=1S/C21H27N2O/c1-3-4-5-6-7-10-16-23-18-13-9-8-12-17(18)22-21-19(23)14-11-15-20(21)24-2/h8-9,11-15H,3-7,10,16H2,1-2H3/q+1. The third-order valence-corrected chi connectivity index (χ3v) is 4.63. The molecule has 24 heavy (non-hydrogen) atoms. The van der Waals surface area contributed by atoms with Crippen LogP contribution in [0.2, 0.25) is 0 Å². The van der Waals surface area contributed by atoms with Crippen molar-refractivity contribution in [3.05, 3.63) is 42.5 Å². The van der Waals surface area contributed by atoms with E-state index in [2.05, 4.69) is 41.8 Å². The largest absolute Gasteiger partial charge is 0.494 e. The molecular weight excluding hydrogens is 296 g/mol. The Balaban J connectivity index is 1.93. The highest BCUT2D eigenvalue weighted by Gasteiger charge is 2.18. The van der Waals surface area contributed by atoms with Crippen LogP contribution in [-0.2, 0) is 6.54 Å². The maximum atomic E-state index is 5.53. The summed E-state index contributed by atoms with van der Waals surface area (Å²) in [5.41, 5.74) is 4.33. The van der Waals surface area contributed by atoms with E-state index >= 15 is 0 Å². The van der Waals surface area contributed by atoms with Crippen LogP contribution in [0.25, 0.3) is 22.1 Å². The average molecular weight is 323 g/mol. The van der Waals surface area contributed by atoms with Crippen molar-refractivity contribution in [2.24, 2.45) is 0 Å². The van der Waals surface area contributed by atoms with E-state index in [0.717, 1.165) is 28.8 Å². The molecule has 2 aromatic carbocycles. The minimum absolute atomic E-state index is 0.843. The lowest BCUT2D eigenvalue weighted by molar-refractivity contribution is -0.646. The molecule has 0 saturated carbocycles. The van der Waals surface area contributed by atoms with Crippen molar-refractivity contribution in [1.82, 2.24) is 4.98 Å². The Hall–Kier alpha value is -2.16. The Labute approximate surface area is 144 Å². The molecule has 0 spiro atoms. The summed E-state index contributed by atoms with van der Waals surface area (Å²) in [4.78, 5) is 4.83. The molecule has 0 N–H and O–H groups in total. The SMILES string of the molecule is CCCCCCCC[n+]1c2ccccc2nc2c(OC)cccc21. The summed E-state index contributed by atoms with van der Waals surface area (Å²) < 4.78 is 7.93. The lowest BCUT2D eigenvalue weighted by Crippen LogP contribution is -2.36. The number of aromatic nitrogens is 2. The van der Waals surface area contributed by atoms with Gasteiger partial charge in [-0.2, -0.15) is 4.57 Å². The molecule has 0 aliphatic heterocycles. The smallest absolute Gasteiger partial charge is 0.235 e. The second kappa shape index (κ2) is 8.09. The van der Waals surface area contributed by atoms with Gasteiger partial charge in [-0.15, -0.1) is 0 Å². The van der Waals surface area contributed by atoms with Gasteiger partial charge in [0.15, 0.2) is 11.3 Å². The number of fused-ring (bicyclic) bond motifs is 2. The summed E-state index contributed by atoms with van der Waals surface area (Å²) in [6.07, 6.45) is 7.83. The van der Waals surface area contributed by atoms with Crippen molar-refractivity contribution < 1.29 is 9.30 Å². The number of hydrogen-bond acceptors (Lipinski definition) is 2. The molecule has 1 heterocycles. The predicted molar refractivity (Wildman–Crippen MR) is 99.4 cm³/mol. The normalized spacial score (nSPS) is 11.2. The Bertz CT molecular complexity index is 813. The number of unbranched alkanes of at least 4 members (excludes halogenated alkanes) is 5. The van der Waals surface area contributed by atoms with Gasteiger partial charge in [-0.25, -0.2) is 4.98 Å². The number of aryl methyl sites for hydroxylation is 1. The van der Waals surface area contributed by atoms with Crippen molar-refractivity contribution in [2.45, 2.75) is 52.0 Å². The summed E-state index contributed by atoms with van der Waals surface area (Å²) in [5.74, 6) is 0.843. The molecule has 0 fully saturated rings. The molecule has 3 nitrogen and oxygen atoms in total. The first kappa shape index (κ1) is 16.7. The van der Waals surface area contributed by atoms with Gasteiger partial charge in [-0.3, -0.25) is 0 Å². The first-order valence-electron chi connectivity index (χ1n) is 9.10. The zero-order valence-electron chi connectivity index (χ0n) is 14.8. The molecule has 3 rings (SSSR count). The fourth-order valence-corrected chi connectivity index (χ4v) is 3.33. The zero-order valence-corrected chi connectivity index (χ0v) is 14.8. The first-order chi connectivity index (χ1) is 11.8. The molecule has 0 aliphatic carbocycles. The van der Waals surface area contributed by atoms with Crippen LogP contribution in [0, 0.1) is 0 Å². The second-order valence-corrected chi connectivity index (χ2v) is 6.35. The van der Waals surface area contributed by atoms with Gasteiger partial charge in [0, 0.05) is 18.6 Å². The minimum atomic E-state index is 0.843. The summed E-state index contributed by atoms with van der Waals surface area (Å²) in [6, 6.07) is 14.6. The Kier molecular flexibility index (Phi) is 5.63. The van der Waals surface area contributed by atoms with Gasteiger partial charge in [-0.05, 0) is 18.6 Å². The number of rotatable bonds is 8. The topological polar surface area (TPSA) is 26.0 Å². The van der Waals surface area contributed by atoms with Crippen molar-refractivity contribution in [1.29, 1.82) is 0 Å². The molecule has 0 unspecified atom stereocenters. The van der Waals surface area contributed by atoms with Crippen LogP contribution >= 0.6 is 0 Å². The van der Waals surface area contributed by atoms with Crippen molar-refractivity contribution >= 4 is 22.1 Å². The molecule has 0 saturated heterocycles. The van der Waals surface area contributed by atoms with Gasteiger partial charge < -0.3 is 4.74 Å². The van der Waals surface area contributed by atoms with Crippen molar-refractivity contribution in [2.75, 3.05) is 7.11 Å². The van der Waals surface area contributed by atoms with Crippen molar-refractivity contribution in [3.63, 3.8) is 0 Å². The maximum Gasteiger partial charge on any atom is 0.235 e. The number of hydrogen-bond donors (Lipinski definition) is 0. The lowest BCUT2D eigenvalue weighted by atomic mass is 10.1. The van der Waals surface area contributed by atoms with E-state index in [1.54, 1.807) is 7.11 Å². The van der Waals surface area contributed by atoms with Gasteiger partial charge in [-0.1, -0.05) is 50.8 Å². The number of ether oxygens (including phenoxy) is 1. The van der Waals surface area contributed by atoms with Crippen LogP contribution in [0.1, 0.15) is 45.4 Å². The van der Waals surface area contributed by atoms with Crippen LogP contribution < -0.4 is 9.30 Å². The number of para-hydroxylation sites is 3. The fraction of sp³-hybridized carbons (Fsp3) is 0.429. The number of methoxy groups -OCH3 is 1. The summed E-state index contributed by atoms with van der Waals surface area (Å²) >= 11 is 0. The third-order valence-electron chi connectivity index (χ3n) is 4.63. The predicted octanol–water partition coefficient (Wildman–Crippen LogP) is 5.04. The van der Waals surface area contributed by atoms with Crippen molar-refractivity contribution in [3.8, 4) is 5.75 Å². The van der Waals surface area contributed by atoms with E-state index in [-0.39, 0.29) is 0 Å². The highest BCUT2D eigenvalue weighted by molar-refractivity contribution is 5.85. The molecule has 0 atom stereocenters. The number of benzene rings is 2. The maximum absolute atomic E-state index is 5.53. The molecule has 0 aliphatic rings. The van der Waals surface area contributed by atoms with E-state index in [1.807, 2.05) is 12.1 Å². The molecule has 0 radical (unpaired) electrons. The monoisotopic (exact) mass is 323 g/mol. The molecule has 0 bridgehead atoms. The third kappa shape index (κ3) is 3.50. The second-order valence-electron chi connectivity index (χ2n) is 6.35. The van der Waals surface area contributed by atoms with Gasteiger partial charge >= 0.3 is 0 Å². The van der Waals surface area contributed by atoms with Gasteiger partial charge in [0.1, 0.15) is 12.1 Å². The van der Waals surface area contributed by atoms with E-state index in [0.29, 0.717) is 0 Å². The minimum Gasteiger partial charge on any atom is -0.494 e. The van der Waals surface area contributed by atoms with Crippen LogP contribution in [0.15, 0.2) is 42.5 Å². The molecule has 3 aromatic rings. The molecular formula is C21H27N2O+. The molecule has 3 heteroatoms. The Morgan fingerprint density at radius 2 is 1.62 bits per heavy atom. The van der Waals surface area contributed by atoms with E-state index in [1.165, 1.54) is 44.0 Å². The van der Waals surface area contributed by atoms with Gasteiger partial charge in [0.25, 0.3) is 0 Å². The first-order valence-corrected chi connectivity index (χ1v) is 9.10. The Morgan fingerprint density at radius 1 is 0.875 bits per heavy atom. The van der Waals surface area contributed by atoms with Gasteiger partial charge in [0.05, 0.1) is 7.11 Å². The van der Waals surface area contributed by atoms with Crippen LogP contribution in [0.3, 0.4) is 0 Å². The highest BCUT2D eigenvalue weighted by atomic mass is 16.5. The van der Waals surface area contributed by atoms with E-state index < -0.39 is 0 Å². The number of nitrogens with zero attached hydrogens (tertiary/aromatic N) is 2. The van der Waals surface area contributed by atoms with Crippen LogP contribution in [0.5, 0.6) is 5.75 Å². The van der Waals surface area contributed by atoms with Gasteiger partial charge in [0.2, 0.25) is 11.0 Å². The molecule has 0 amide bonds. The lowest BCUT2D eigenvalue weighted by Gasteiger charge is -2.08. The van der Waals surface area contributed by atoms with Crippen LogP contribution in [-0.4, -0.2) is 12.1 Å². The van der Waals surface area contributed by atoms with Crippen LogP contribution in [0.4, 0.5) is 0 Å². The summed E-state index contributed by atoms with van der Waals surface area (Å²) in [6.45, 7) is 3.29. The quantitative estimate of drug-likeness (QED) is 0.329. The van der Waals surface area contributed by atoms with E-state index in [4.69, 9.17) is 9.72 Å².